The molecule has 2 rings (SSSR count). The molecule has 1 aromatic rings. The Hall–Kier alpha value is -1.62. The van der Waals surface area contributed by atoms with Crippen LogP contribution in [0.4, 0.5) is 4.39 Å². The van der Waals surface area contributed by atoms with E-state index in [1.54, 1.807) is 0 Å². The van der Waals surface area contributed by atoms with Crippen molar-refractivity contribution in [3.63, 3.8) is 0 Å². The fraction of sp³-hybridized carbons (Fsp3) is 0.588. The number of carbonyl (C=O) groups is 1. The Bertz CT molecular complexity index is 575. The van der Waals surface area contributed by atoms with Crippen LogP contribution >= 0.6 is 0 Å². The minimum atomic E-state index is -1.30. The van der Waals surface area contributed by atoms with Gasteiger partial charge in [0.2, 0.25) is 6.29 Å². The monoisotopic (exact) mass is 309 g/mol. The van der Waals surface area contributed by atoms with Gasteiger partial charge in [-0.3, -0.25) is 0 Å². The van der Waals surface area contributed by atoms with Crippen molar-refractivity contribution in [2.24, 2.45) is 5.41 Å². The van der Waals surface area contributed by atoms with Crippen molar-refractivity contribution in [3.8, 4) is 5.75 Å². The van der Waals surface area contributed by atoms with Gasteiger partial charge >= 0.3 is 0 Å². The number of halogens is 1. The molecular formula is C17H22FO4-. The van der Waals surface area contributed by atoms with E-state index in [0.717, 1.165) is 12.8 Å². The minimum absolute atomic E-state index is 0.0230. The summed E-state index contributed by atoms with van der Waals surface area (Å²) in [5.74, 6) is -1.86. The van der Waals surface area contributed by atoms with E-state index in [0.29, 0.717) is 24.0 Å². The molecule has 0 spiro atoms. The van der Waals surface area contributed by atoms with Crippen molar-refractivity contribution in [1.82, 2.24) is 0 Å². The van der Waals surface area contributed by atoms with Crippen LogP contribution in [0.3, 0.4) is 0 Å². The number of carboxylic acid groups (broad SMARTS) is 1. The van der Waals surface area contributed by atoms with Gasteiger partial charge in [0.25, 0.3) is 0 Å². The lowest BCUT2D eigenvalue weighted by molar-refractivity contribution is -0.255. The molecule has 0 bridgehead atoms. The summed E-state index contributed by atoms with van der Waals surface area (Å²) < 4.78 is 25.6. The van der Waals surface area contributed by atoms with Crippen molar-refractivity contribution in [1.29, 1.82) is 0 Å². The molecule has 0 saturated carbocycles. The summed E-state index contributed by atoms with van der Waals surface area (Å²) in [6, 6.07) is 1.23. The maximum absolute atomic E-state index is 14.7. The zero-order chi connectivity index (χ0) is 16.5. The molecule has 1 unspecified atom stereocenters. The van der Waals surface area contributed by atoms with Gasteiger partial charge in [-0.05, 0) is 42.9 Å². The average molecular weight is 309 g/mol. The number of carbonyl (C=O) groups excluding carboxylic acids is 1. The number of fused-ring (bicyclic) bond motifs is 1. The van der Waals surface area contributed by atoms with Gasteiger partial charge < -0.3 is 19.4 Å². The third-order valence-corrected chi connectivity index (χ3v) is 3.92. The Morgan fingerprint density at radius 3 is 2.36 bits per heavy atom. The second-order valence-corrected chi connectivity index (χ2v) is 6.74. The lowest BCUT2D eigenvalue weighted by atomic mass is 9.87. The van der Waals surface area contributed by atoms with Gasteiger partial charge in [0.15, 0.2) is 11.6 Å². The normalized spacial score (nSPS) is 16.0. The lowest BCUT2D eigenvalue weighted by Crippen LogP contribution is -2.34. The predicted octanol–water partition coefficient (Wildman–Crippen LogP) is 2.47. The fourth-order valence-corrected chi connectivity index (χ4v) is 2.84. The Labute approximate surface area is 130 Å². The van der Waals surface area contributed by atoms with Crippen LogP contribution in [0.1, 0.15) is 55.1 Å². The van der Waals surface area contributed by atoms with E-state index < -0.39 is 18.1 Å². The van der Waals surface area contributed by atoms with E-state index in [2.05, 4.69) is 0 Å². The Morgan fingerprint density at radius 1 is 1.27 bits per heavy atom. The standard InChI is InChI=1S/C17H23FO4/c1-17(2,3)16(21-4)22-13-9-12(15(19)20)10-7-5-6-8-11(10)14(13)18/h9,16H,5-8H2,1-4H3,(H,19,20)/p-1. The zero-order valence-electron chi connectivity index (χ0n) is 13.5. The molecule has 1 aromatic carbocycles. The second-order valence-electron chi connectivity index (χ2n) is 6.74. The molecule has 0 fully saturated rings. The van der Waals surface area contributed by atoms with Crippen molar-refractivity contribution in [3.05, 3.63) is 28.6 Å². The van der Waals surface area contributed by atoms with Gasteiger partial charge in [-0.25, -0.2) is 4.39 Å². The van der Waals surface area contributed by atoms with Crippen molar-refractivity contribution in [2.45, 2.75) is 52.7 Å². The maximum atomic E-state index is 14.7. The molecule has 4 nitrogen and oxygen atoms in total. The third kappa shape index (κ3) is 3.24. The van der Waals surface area contributed by atoms with E-state index in [4.69, 9.17) is 9.47 Å². The number of benzene rings is 1. The molecule has 122 valence electrons. The van der Waals surface area contributed by atoms with Gasteiger partial charge in [-0.2, -0.15) is 0 Å². The van der Waals surface area contributed by atoms with Crippen LogP contribution in [-0.4, -0.2) is 19.4 Å². The number of aromatic carboxylic acids is 1. The number of rotatable bonds is 4. The molecule has 1 atom stereocenters. The summed E-state index contributed by atoms with van der Waals surface area (Å²) >= 11 is 0. The first-order chi connectivity index (χ1) is 10.3. The molecule has 22 heavy (non-hydrogen) atoms. The molecule has 0 saturated heterocycles. The number of ether oxygens (including phenoxy) is 2. The topological polar surface area (TPSA) is 58.6 Å². The van der Waals surface area contributed by atoms with Gasteiger partial charge in [-0.1, -0.05) is 20.8 Å². The van der Waals surface area contributed by atoms with Crippen LogP contribution < -0.4 is 9.84 Å². The summed E-state index contributed by atoms with van der Waals surface area (Å²) in [7, 11) is 1.48. The number of methoxy groups -OCH3 is 1. The highest BCUT2D eigenvalue weighted by atomic mass is 19.1. The minimum Gasteiger partial charge on any atom is -0.545 e. The Morgan fingerprint density at radius 2 is 1.86 bits per heavy atom. The van der Waals surface area contributed by atoms with Gasteiger partial charge in [0, 0.05) is 18.1 Å². The predicted molar refractivity (Wildman–Crippen MR) is 78.3 cm³/mol. The number of carboxylic acids is 1. The molecule has 0 N–H and O–H groups in total. The van der Waals surface area contributed by atoms with Crippen LogP contribution in [0, 0.1) is 11.2 Å². The van der Waals surface area contributed by atoms with Crippen LogP contribution in [-0.2, 0) is 17.6 Å². The van der Waals surface area contributed by atoms with Crippen LogP contribution in [0.2, 0.25) is 0 Å². The van der Waals surface area contributed by atoms with Crippen LogP contribution in [0.15, 0.2) is 6.07 Å². The highest BCUT2D eigenvalue weighted by Crippen LogP contribution is 2.35. The van der Waals surface area contributed by atoms with Crippen molar-refractivity contribution >= 4 is 5.97 Å². The van der Waals surface area contributed by atoms with E-state index in [1.165, 1.54) is 13.2 Å². The number of hydrogen-bond donors (Lipinski definition) is 0. The van der Waals surface area contributed by atoms with E-state index in [1.807, 2.05) is 20.8 Å². The molecule has 0 aromatic heterocycles. The SMILES string of the molecule is COC(Oc1cc(C(=O)[O-])c2c(c1F)CCCC2)C(C)(C)C. The second kappa shape index (κ2) is 6.24. The first-order valence-corrected chi connectivity index (χ1v) is 7.50. The first kappa shape index (κ1) is 16.7. The molecule has 0 aliphatic heterocycles. The average Bonchev–Trinajstić information content (AvgIpc) is 2.45. The molecule has 0 radical (unpaired) electrons. The first-order valence-electron chi connectivity index (χ1n) is 7.50. The summed E-state index contributed by atoms with van der Waals surface area (Å²) in [6.07, 6.45) is 2.09. The summed E-state index contributed by atoms with van der Waals surface area (Å²) in [6.45, 7) is 5.70. The Kier molecular flexibility index (Phi) is 4.75. The third-order valence-electron chi connectivity index (χ3n) is 3.92. The van der Waals surface area contributed by atoms with Crippen LogP contribution in [0.25, 0.3) is 0 Å². The summed E-state index contributed by atoms with van der Waals surface area (Å²) in [4.78, 5) is 11.4. The number of hydrogen-bond acceptors (Lipinski definition) is 4. The quantitative estimate of drug-likeness (QED) is 0.802. The van der Waals surface area contributed by atoms with Crippen molar-refractivity contribution in [2.75, 3.05) is 7.11 Å². The Balaban J connectivity index is 2.48. The fourth-order valence-electron chi connectivity index (χ4n) is 2.84. The highest BCUT2D eigenvalue weighted by molar-refractivity contribution is 5.89. The largest absolute Gasteiger partial charge is 0.545 e. The van der Waals surface area contributed by atoms with Gasteiger partial charge in [0.05, 0.1) is 5.97 Å². The van der Waals surface area contributed by atoms with Crippen LogP contribution in [0.5, 0.6) is 5.75 Å². The molecule has 1 aliphatic carbocycles. The molecular weight excluding hydrogens is 287 g/mol. The highest BCUT2D eigenvalue weighted by Gasteiger charge is 2.29. The van der Waals surface area contributed by atoms with Gasteiger partial charge in [-0.15, -0.1) is 0 Å². The van der Waals surface area contributed by atoms with E-state index in [9.17, 15) is 14.3 Å². The molecule has 5 heteroatoms. The smallest absolute Gasteiger partial charge is 0.204 e. The maximum Gasteiger partial charge on any atom is 0.204 e. The zero-order valence-corrected chi connectivity index (χ0v) is 13.5. The summed E-state index contributed by atoms with van der Waals surface area (Å²) in [5.41, 5.74) is 0.626. The molecule has 1 aliphatic rings. The van der Waals surface area contributed by atoms with Gasteiger partial charge in [0.1, 0.15) is 0 Å². The summed E-state index contributed by atoms with van der Waals surface area (Å²) in [5, 5.41) is 11.4. The molecule has 0 heterocycles. The van der Waals surface area contributed by atoms with Crippen molar-refractivity contribution < 1.29 is 23.8 Å². The molecule has 0 amide bonds. The van der Waals surface area contributed by atoms with E-state index >= 15 is 0 Å². The van der Waals surface area contributed by atoms with E-state index in [-0.39, 0.29) is 16.7 Å². The lowest BCUT2D eigenvalue weighted by Gasteiger charge is -2.31.